The van der Waals surface area contributed by atoms with E-state index in [0.717, 1.165) is 16.9 Å². The molecule has 3 rings (SSSR count). The molecule has 0 saturated carbocycles. The number of aromatic nitrogens is 2. The van der Waals surface area contributed by atoms with Crippen LogP contribution in [0.3, 0.4) is 0 Å². The molecule has 0 saturated heterocycles. The molecule has 7 heteroatoms. The van der Waals surface area contributed by atoms with Crippen LogP contribution in [-0.4, -0.2) is 47.6 Å². The molecule has 2 amide bonds. The maximum absolute atomic E-state index is 12.7. The highest BCUT2D eigenvalue weighted by molar-refractivity contribution is 6.11. The van der Waals surface area contributed by atoms with E-state index >= 15 is 0 Å². The third-order valence-corrected chi connectivity index (χ3v) is 4.33. The Bertz CT molecular complexity index is 809. The number of nitrogens with zero attached hydrogens (tertiary/aromatic N) is 3. The summed E-state index contributed by atoms with van der Waals surface area (Å²) in [6.45, 7) is 4.44. The maximum Gasteiger partial charge on any atom is 0.245 e. The predicted molar refractivity (Wildman–Crippen MR) is 96.4 cm³/mol. The van der Waals surface area contributed by atoms with Crippen LogP contribution >= 0.6 is 0 Å². The first-order chi connectivity index (χ1) is 11.8. The summed E-state index contributed by atoms with van der Waals surface area (Å²) in [4.78, 5) is 28.7. The minimum Gasteiger partial charge on any atom is -0.308 e. The van der Waals surface area contributed by atoms with Crippen molar-refractivity contribution in [2.24, 2.45) is 0 Å². The predicted octanol–water partition coefficient (Wildman–Crippen LogP) is 1.73. The number of anilines is 2. The lowest BCUT2D eigenvalue weighted by Gasteiger charge is -2.19. The summed E-state index contributed by atoms with van der Waals surface area (Å²) in [6, 6.07) is 9.39. The number of rotatable bonds is 5. The second-order valence-corrected chi connectivity index (χ2v) is 7.10. The highest BCUT2D eigenvalue weighted by Crippen LogP contribution is 2.40. The molecule has 2 heterocycles. The van der Waals surface area contributed by atoms with Crippen molar-refractivity contribution in [3.05, 3.63) is 41.6 Å². The molecule has 1 aliphatic heterocycles. The fourth-order valence-electron chi connectivity index (χ4n) is 3.13. The molecule has 7 nitrogen and oxygen atoms in total. The van der Waals surface area contributed by atoms with Gasteiger partial charge in [-0.2, -0.15) is 5.10 Å². The molecule has 0 radical (unpaired) electrons. The van der Waals surface area contributed by atoms with E-state index in [1.165, 1.54) is 4.90 Å². The first-order valence-electron chi connectivity index (χ1n) is 8.19. The minimum atomic E-state index is -0.623. The van der Waals surface area contributed by atoms with Crippen molar-refractivity contribution in [3.63, 3.8) is 0 Å². The maximum atomic E-state index is 12.7. The lowest BCUT2D eigenvalue weighted by atomic mass is 9.86. The third-order valence-electron chi connectivity index (χ3n) is 4.33. The van der Waals surface area contributed by atoms with Gasteiger partial charge in [0.15, 0.2) is 5.82 Å². The number of amides is 2. The lowest BCUT2D eigenvalue weighted by molar-refractivity contribution is -0.124. The highest BCUT2D eigenvalue weighted by atomic mass is 16.2. The molecule has 0 atom stereocenters. The molecule has 2 N–H and O–H groups in total. The van der Waals surface area contributed by atoms with Crippen LogP contribution in [0.5, 0.6) is 0 Å². The van der Waals surface area contributed by atoms with Gasteiger partial charge in [0.25, 0.3) is 0 Å². The molecule has 0 unspecified atom stereocenters. The van der Waals surface area contributed by atoms with Crippen LogP contribution in [0.1, 0.15) is 25.1 Å². The van der Waals surface area contributed by atoms with Gasteiger partial charge >= 0.3 is 0 Å². The van der Waals surface area contributed by atoms with Gasteiger partial charge in [0, 0.05) is 18.3 Å². The first-order valence-corrected chi connectivity index (χ1v) is 8.19. The summed E-state index contributed by atoms with van der Waals surface area (Å²) in [6.07, 6.45) is 0. The third kappa shape index (κ3) is 3.28. The van der Waals surface area contributed by atoms with Crippen molar-refractivity contribution >= 4 is 23.3 Å². The molecule has 0 spiro atoms. The summed E-state index contributed by atoms with van der Waals surface area (Å²) in [5.74, 6) is 0.115. The molecule has 0 fully saturated rings. The Morgan fingerprint density at radius 1 is 1.32 bits per heavy atom. The van der Waals surface area contributed by atoms with Crippen molar-refractivity contribution in [3.8, 4) is 0 Å². The van der Waals surface area contributed by atoms with E-state index in [1.807, 2.05) is 57.1 Å². The van der Waals surface area contributed by atoms with Crippen molar-refractivity contribution in [1.82, 2.24) is 15.1 Å². The smallest absolute Gasteiger partial charge is 0.245 e. The van der Waals surface area contributed by atoms with Gasteiger partial charge in [0.05, 0.1) is 11.1 Å². The highest BCUT2D eigenvalue weighted by Gasteiger charge is 2.44. The molecule has 2 aromatic rings. The van der Waals surface area contributed by atoms with Crippen LogP contribution in [0.25, 0.3) is 0 Å². The number of fused-ring (bicyclic) bond motifs is 1. The first kappa shape index (κ1) is 17.2. The van der Waals surface area contributed by atoms with Gasteiger partial charge in [-0.3, -0.25) is 14.7 Å². The average molecular weight is 341 g/mol. The Balaban J connectivity index is 1.71. The molecule has 1 aromatic heterocycles. The van der Waals surface area contributed by atoms with E-state index in [2.05, 4.69) is 15.5 Å². The van der Waals surface area contributed by atoms with Crippen LogP contribution in [0, 0.1) is 0 Å². The van der Waals surface area contributed by atoms with Gasteiger partial charge in [-0.25, -0.2) is 0 Å². The van der Waals surface area contributed by atoms with Crippen molar-refractivity contribution in [2.75, 3.05) is 30.9 Å². The Labute approximate surface area is 147 Å². The Kier molecular flexibility index (Phi) is 4.34. The van der Waals surface area contributed by atoms with Crippen LogP contribution in [0.2, 0.25) is 0 Å². The second kappa shape index (κ2) is 6.33. The zero-order valence-corrected chi connectivity index (χ0v) is 15.0. The zero-order valence-electron chi connectivity index (χ0n) is 15.0. The Morgan fingerprint density at radius 2 is 2.04 bits per heavy atom. The van der Waals surface area contributed by atoms with E-state index < -0.39 is 5.41 Å². The van der Waals surface area contributed by atoms with E-state index in [1.54, 1.807) is 6.07 Å². The van der Waals surface area contributed by atoms with Crippen LogP contribution < -0.4 is 10.2 Å². The summed E-state index contributed by atoms with van der Waals surface area (Å²) >= 11 is 0. The number of nitrogens with one attached hydrogen (secondary N) is 2. The molecule has 1 aromatic carbocycles. The normalized spacial score (nSPS) is 15.6. The number of H-pyrrole nitrogens is 1. The Morgan fingerprint density at radius 3 is 2.76 bits per heavy atom. The number of hydrogen-bond donors (Lipinski definition) is 2. The second-order valence-electron chi connectivity index (χ2n) is 7.10. The minimum absolute atomic E-state index is 0.0326. The van der Waals surface area contributed by atoms with Crippen LogP contribution in [-0.2, 0) is 21.5 Å². The largest absolute Gasteiger partial charge is 0.308 e. The fourth-order valence-corrected chi connectivity index (χ4v) is 3.13. The van der Waals surface area contributed by atoms with Crippen molar-refractivity contribution in [1.29, 1.82) is 0 Å². The van der Waals surface area contributed by atoms with Gasteiger partial charge in [-0.15, -0.1) is 0 Å². The molecule has 0 aliphatic carbocycles. The van der Waals surface area contributed by atoms with E-state index in [0.29, 0.717) is 12.4 Å². The Hall–Kier alpha value is -2.67. The lowest BCUT2D eigenvalue weighted by Crippen LogP contribution is -2.40. The summed E-state index contributed by atoms with van der Waals surface area (Å²) in [7, 11) is 3.91. The molecule has 132 valence electrons. The van der Waals surface area contributed by atoms with Crippen LogP contribution in [0.4, 0.5) is 11.5 Å². The number of aromatic amines is 1. The van der Waals surface area contributed by atoms with Gasteiger partial charge in [-0.1, -0.05) is 18.2 Å². The quantitative estimate of drug-likeness (QED) is 0.868. The zero-order chi connectivity index (χ0) is 18.2. The van der Waals surface area contributed by atoms with Crippen molar-refractivity contribution < 1.29 is 9.59 Å². The van der Waals surface area contributed by atoms with E-state index in [9.17, 15) is 9.59 Å². The standard InChI is InChI=1S/C18H23N5O2/c1-18(2)13-7-5-6-8-14(13)23(17(18)25)11-16(24)19-15-9-12(20-21-15)10-22(3)4/h5-9H,10-11H2,1-4H3,(H2,19,20,21,24). The molecular formula is C18H23N5O2. The number of para-hydroxylation sites is 1. The topological polar surface area (TPSA) is 81.3 Å². The number of hydrogen-bond acceptors (Lipinski definition) is 4. The van der Waals surface area contributed by atoms with Gasteiger partial charge < -0.3 is 15.1 Å². The van der Waals surface area contributed by atoms with E-state index in [-0.39, 0.29) is 18.4 Å². The molecule has 25 heavy (non-hydrogen) atoms. The van der Waals surface area contributed by atoms with Gasteiger partial charge in [-0.05, 0) is 39.6 Å². The SMILES string of the molecule is CN(C)Cc1cc(NC(=O)CN2C(=O)C(C)(C)c3ccccc32)n[nH]1. The number of carbonyl (C=O) groups is 2. The number of carbonyl (C=O) groups excluding carboxylic acids is 2. The molecule has 0 bridgehead atoms. The average Bonchev–Trinajstić information content (AvgIpc) is 3.04. The van der Waals surface area contributed by atoms with Gasteiger partial charge in [0.1, 0.15) is 6.54 Å². The summed E-state index contributed by atoms with van der Waals surface area (Å²) in [5.41, 5.74) is 2.02. The van der Waals surface area contributed by atoms with Crippen molar-refractivity contribution in [2.45, 2.75) is 25.8 Å². The summed E-state index contributed by atoms with van der Waals surface area (Å²) in [5, 5.41) is 9.72. The monoisotopic (exact) mass is 341 g/mol. The number of benzene rings is 1. The van der Waals surface area contributed by atoms with Crippen LogP contribution in [0.15, 0.2) is 30.3 Å². The molecular weight excluding hydrogens is 318 g/mol. The molecule has 1 aliphatic rings. The van der Waals surface area contributed by atoms with Gasteiger partial charge in [0.2, 0.25) is 11.8 Å². The fraction of sp³-hybridized carbons (Fsp3) is 0.389. The summed E-state index contributed by atoms with van der Waals surface area (Å²) < 4.78 is 0. The van der Waals surface area contributed by atoms with E-state index in [4.69, 9.17) is 0 Å².